The number of carboxylic acids is 1. The Bertz CT molecular complexity index is 607. The van der Waals surface area contributed by atoms with Gasteiger partial charge in [-0.05, 0) is 24.9 Å². The third-order valence-corrected chi connectivity index (χ3v) is 4.43. The van der Waals surface area contributed by atoms with E-state index in [2.05, 4.69) is 5.32 Å². The van der Waals surface area contributed by atoms with E-state index in [4.69, 9.17) is 5.11 Å². The molecule has 5 nitrogen and oxygen atoms in total. The van der Waals surface area contributed by atoms with Crippen molar-refractivity contribution in [2.75, 3.05) is 19.6 Å². The summed E-state index contributed by atoms with van der Waals surface area (Å²) in [5, 5.41) is 10.8. The predicted molar refractivity (Wildman–Crippen MR) is 84.7 cm³/mol. The second kappa shape index (κ2) is 7.86. The minimum Gasteiger partial charge on any atom is -0.481 e. The van der Waals surface area contributed by atoms with Crippen LogP contribution in [0.25, 0.3) is 0 Å². The van der Waals surface area contributed by atoms with E-state index in [1.54, 1.807) is 4.90 Å². The number of carbonyl (C=O) groups is 2. The Hall–Kier alpha value is -2.09. The van der Waals surface area contributed by atoms with Gasteiger partial charge in [0.2, 0.25) is 5.91 Å². The number of benzene rings is 1. The lowest BCUT2D eigenvalue weighted by molar-refractivity contribution is -0.218. The van der Waals surface area contributed by atoms with Gasteiger partial charge in [0.25, 0.3) is 0 Å². The number of alkyl halides is 3. The lowest BCUT2D eigenvalue weighted by Crippen LogP contribution is -2.52. The lowest BCUT2D eigenvalue weighted by atomic mass is 9.85. The second-order valence-corrected chi connectivity index (χ2v) is 6.28. The van der Waals surface area contributed by atoms with E-state index in [9.17, 15) is 22.8 Å². The number of nitrogens with zero attached hydrogens (tertiary/aromatic N) is 1. The van der Waals surface area contributed by atoms with Crippen molar-refractivity contribution >= 4 is 11.9 Å². The first-order chi connectivity index (χ1) is 11.7. The van der Waals surface area contributed by atoms with E-state index in [0.29, 0.717) is 6.54 Å². The van der Waals surface area contributed by atoms with E-state index in [1.165, 1.54) is 0 Å². The maximum absolute atomic E-state index is 13.6. The van der Waals surface area contributed by atoms with E-state index in [0.717, 1.165) is 5.56 Å². The summed E-state index contributed by atoms with van der Waals surface area (Å²) in [6.07, 6.45) is -5.05. The summed E-state index contributed by atoms with van der Waals surface area (Å²) in [7, 11) is 0. The van der Waals surface area contributed by atoms with Crippen LogP contribution in [-0.2, 0) is 16.1 Å². The molecule has 0 radical (unpaired) electrons. The molecule has 2 rings (SSSR count). The average molecular weight is 358 g/mol. The number of aliphatic carboxylic acids is 1. The van der Waals surface area contributed by atoms with Crippen molar-refractivity contribution in [1.82, 2.24) is 10.2 Å². The summed E-state index contributed by atoms with van der Waals surface area (Å²) < 4.78 is 40.9. The molecule has 0 saturated carbocycles. The number of hydrogen-bond acceptors (Lipinski definition) is 3. The van der Waals surface area contributed by atoms with E-state index >= 15 is 0 Å². The Morgan fingerprint density at radius 3 is 2.52 bits per heavy atom. The quantitative estimate of drug-likeness (QED) is 0.735. The SMILES string of the molecule is O=C(O)CCCNC(=O)C1(C(F)(F)F)CCN(Cc2ccccc2)C1. The standard InChI is InChI=1S/C17H21F3N2O3/c18-17(19,20)16(15(25)21-9-4-7-14(23)24)8-10-22(12-16)11-13-5-2-1-3-6-13/h1-3,5-6H,4,7-12H2,(H,21,25)(H,23,24). The molecule has 1 aromatic rings. The van der Waals surface area contributed by atoms with Crippen LogP contribution in [0.3, 0.4) is 0 Å². The average Bonchev–Trinajstić information content (AvgIpc) is 2.97. The van der Waals surface area contributed by atoms with Crippen molar-refractivity contribution in [1.29, 1.82) is 0 Å². The van der Waals surface area contributed by atoms with Gasteiger partial charge in [0.1, 0.15) is 0 Å². The highest BCUT2D eigenvalue weighted by molar-refractivity contribution is 5.84. The molecule has 1 amide bonds. The third-order valence-electron chi connectivity index (χ3n) is 4.43. The normalized spacial score (nSPS) is 21.2. The molecule has 25 heavy (non-hydrogen) atoms. The Kier molecular flexibility index (Phi) is 6.05. The van der Waals surface area contributed by atoms with Crippen molar-refractivity contribution in [2.24, 2.45) is 5.41 Å². The van der Waals surface area contributed by atoms with Crippen LogP contribution >= 0.6 is 0 Å². The second-order valence-electron chi connectivity index (χ2n) is 6.28. The number of carboxylic acid groups (broad SMARTS) is 1. The van der Waals surface area contributed by atoms with Gasteiger partial charge in [-0.15, -0.1) is 0 Å². The maximum Gasteiger partial charge on any atom is 0.404 e. The molecule has 1 unspecified atom stereocenters. The zero-order valence-corrected chi connectivity index (χ0v) is 13.7. The zero-order chi connectivity index (χ0) is 18.5. The first-order valence-corrected chi connectivity index (χ1v) is 8.08. The highest BCUT2D eigenvalue weighted by atomic mass is 19.4. The summed E-state index contributed by atoms with van der Waals surface area (Å²) in [4.78, 5) is 24.3. The molecule has 1 atom stereocenters. The molecule has 0 aromatic heterocycles. The van der Waals surface area contributed by atoms with Gasteiger partial charge in [0.15, 0.2) is 5.41 Å². The van der Waals surface area contributed by atoms with Crippen LogP contribution in [0.5, 0.6) is 0 Å². The zero-order valence-electron chi connectivity index (χ0n) is 13.7. The topological polar surface area (TPSA) is 69.6 Å². The molecule has 2 N–H and O–H groups in total. The number of amides is 1. The van der Waals surface area contributed by atoms with Gasteiger partial charge in [0.05, 0.1) is 0 Å². The fourth-order valence-corrected chi connectivity index (χ4v) is 3.02. The van der Waals surface area contributed by atoms with Gasteiger partial charge in [0, 0.05) is 26.1 Å². The van der Waals surface area contributed by atoms with Crippen LogP contribution in [0.1, 0.15) is 24.8 Å². The molecule has 1 saturated heterocycles. The fraction of sp³-hybridized carbons (Fsp3) is 0.529. The van der Waals surface area contributed by atoms with E-state index in [1.807, 2.05) is 30.3 Å². The van der Waals surface area contributed by atoms with Crippen molar-refractivity contribution in [3.8, 4) is 0 Å². The van der Waals surface area contributed by atoms with Crippen molar-refractivity contribution in [2.45, 2.75) is 32.0 Å². The predicted octanol–water partition coefficient (Wildman–Crippen LogP) is 2.42. The summed E-state index contributed by atoms with van der Waals surface area (Å²) in [6, 6.07) is 9.13. The molecule has 0 aliphatic carbocycles. The number of halogens is 3. The maximum atomic E-state index is 13.6. The van der Waals surface area contributed by atoms with E-state index in [-0.39, 0.29) is 32.4 Å². The molecule has 138 valence electrons. The minimum atomic E-state index is -4.66. The highest BCUT2D eigenvalue weighted by Crippen LogP contribution is 2.46. The summed E-state index contributed by atoms with van der Waals surface area (Å²) >= 11 is 0. The number of carbonyl (C=O) groups excluding carboxylic acids is 1. The third kappa shape index (κ3) is 4.72. The molecule has 0 spiro atoms. The fourth-order valence-electron chi connectivity index (χ4n) is 3.02. The number of hydrogen-bond donors (Lipinski definition) is 2. The van der Waals surface area contributed by atoms with Crippen LogP contribution in [0, 0.1) is 5.41 Å². The lowest BCUT2D eigenvalue weighted by Gasteiger charge is -2.30. The highest BCUT2D eigenvalue weighted by Gasteiger charge is 2.62. The first kappa shape index (κ1) is 19.2. The largest absolute Gasteiger partial charge is 0.481 e. The van der Waals surface area contributed by atoms with Gasteiger partial charge in [-0.2, -0.15) is 13.2 Å². The van der Waals surface area contributed by atoms with Crippen LogP contribution in [-0.4, -0.2) is 47.7 Å². The van der Waals surface area contributed by atoms with Crippen molar-refractivity contribution < 1.29 is 27.9 Å². The number of rotatable bonds is 7. The van der Waals surface area contributed by atoms with Gasteiger partial charge >= 0.3 is 12.1 Å². The minimum absolute atomic E-state index is 0.0817. The molecule has 8 heteroatoms. The van der Waals surface area contributed by atoms with Gasteiger partial charge in [-0.1, -0.05) is 30.3 Å². The first-order valence-electron chi connectivity index (χ1n) is 8.08. The monoisotopic (exact) mass is 358 g/mol. The van der Waals surface area contributed by atoms with Gasteiger partial charge in [-0.3, -0.25) is 14.5 Å². The smallest absolute Gasteiger partial charge is 0.404 e. The van der Waals surface area contributed by atoms with Crippen LogP contribution in [0.2, 0.25) is 0 Å². The molecule has 1 fully saturated rings. The van der Waals surface area contributed by atoms with Crippen molar-refractivity contribution in [3.63, 3.8) is 0 Å². The Morgan fingerprint density at radius 2 is 1.92 bits per heavy atom. The Labute approximate surface area is 143 Å². The van der Waals surface area contributed by atoms with Crippen LogP contribution in [0.4, 0.5) is 13.2 Å². The molecule has 1 aliphatic heterocycles. The van der Waals surface area contributed by atoms with Gasteiger partial charge < -0.3 is 10.4 Å². The molecule has 0 bridgehead atoms. The van der Waals surface area contributed by atoms with Crippen LogP contribution in [0.15, 0.2) is 30.3 Å². The van der Waals surface area contributed by atoms with Crippen molar-refractivity contribution in [3.05, 3.63) is 35.9 Å². The molecular weight excluding hydrogens is 337 g/mol. The van der Waals surface area contributed by atoms with E-state index < -0.39 is 30.0 Å². The summed E-state index contributed by atoms with van der Waals surface area (Å²) in [5.74, 6) is -2.12. The Morgan fingerprint density at radius 1 is 1.24 bits per heavy atom. The van der Waals surface area contributed by atoms with Crippen LogP contribution < -0.4 is 5.32 Å². The molecular formula is C17H21F3N2O3. The molecule has 1 heterocycles. The molecule has 1 aliphatic rings. The van der Waals surface area contributed by atoms with Gasteiger partial charge in [-0.25, -0.2) is 0 Å². The summed E-state index contributed by atoms with van der Waals surface area (Å²) in [5.41, 5.74) is -1.55. The molecule has 1 aromatic carbocycles. The number of likely N-dealkylation sites (tertiary alicyclic amines) is 1. The summed E-state index contributed by atoms with van der Waals surface area (Å²) in [6.45, 7) is 0.0553. The Balaban J connectivity index is 2.01. The number of nitrogens with one attached hydrogen (secondary N) is 1.